The van der Waals surface area contributed by atoms with E-state index in [1.807, 2.05) is 0 Å². The van der Waals surface area contributed by atoms with Gasteiger partial charge in [0.25, 0.3) is 0 Å². The van der Waals surface area contributed by atoms with Gasteiger partial charge < -0.3 is 15.4 Å². The highest BCUT2D eigenvalue weighted by atomic mass is 35.5. The summed E-state index contributed by atoms with van der Waals surface area (Å²) in [5, 5.41) is 5.92. The van der Waals surface area contributed by atoms with E-state index in [9.17, 15) is 14.0 Å². The molecule has 0 heterocycles. The van der Waals surface area contributed by atoms with E-state index in [0.29, 0.717) is 29.6 Å². The number of carbonyl (C=O) groups excluding carboxylic acids is 2. The van der Waals surface area contributed by atoms with Crippen LogP contribution in [0.5, 0.6) is 5.75 Å². The van der Waals surface area contributed by atoms with Crippen molar-refractivity contribution < 1.29 is 18.7 Å². The third-order valence-electron chi connectivity index (χ3n) is 3.08. The average Bonchev–Trinajstić information content (AvgIpc) is 2.61. The Kier molecular flexibility index (Phi) is 8.24. The number of hydrogen-bond donors (Lipinski definition) is 2. The van der Waals surface area contributed by atoms with Gasteiger partial charge in [-0.25, -0.2) is 4.39 Å². The highest BCUT2D eigenvalue weighted by Crippen LogP contribution is 2.16. The van der Waals surface area contributed by atoms with E-state index in [0.717, 1.165) is 0 Å². The van der Waals surface area contributed by atoms with Crippen LogP contribution in [-0.4, -0.2) is 36.5 Å². The molecule has 0 spiro atoms. The van der Waals surface area contributed by atoms with E-state index in [1.54, 1.807) is 24.3 Å². The summed E-state index contributed by atoms with van der Waals surface area (Å²) < 4.78 is 18.2. The second kappa shape index (κ2) is 10.7. The summed E-state index contributed by atoms with van der Waals surface area (Å²) >= 11 is 7.04. The largest absolute Gasteiger partial charge is 0.492 e. The zero-order valence-corrected chi connectivity index (χ0v) is 15.4. The zero-order chi connectivity index (χ0) is 18.8. The van der Waals surface area contributed by atoms with Crippen LogP contribution in [0, 0.1) is 5.82 Å². The van der Waals surface area contributed by atoms with E-state index in [2.05, 4.69) is 10.6 Å². The predicted molar refractivity (Wildman–Crippen MR) is 102 cm³/mol. The van der Waals surface area contributed by atoms with E-state index < -0.39 is 0 Å². The van der Waals surface area contributed by atoms with Gasteiger partial charge in [0.05, 0.1) is 18.1 Å². The lowest BCUT2D eigenvalue weighted by Crippen LogP contribution is -2.30. The maximum absolute atomic E-state index is 12.8. The standard InChI is InChI=1S/C18H18ClFN2O3S/c19-13-2-1-3-16(10-13)25-9-8-21-17(23)11-26-12-18(24)22-15-6-4-14(20)5-7-15/h1-7,10H,8-9,11-12H2,(H,21,23)(H,22,24). The van der Waals surface area contributed by atoms with Gasteiger partial charge in [0.2, 0.25) is 11.8 Å². The minimum Gasteiger partial charge on any atom is -0.492 e. The van der Waals surface area contributed by atoms with Gasteiger partial charge in [0.15, 0.2) is 0 Å². The molecule has 2 rings (SSSR count). The Morgan fingerprint density at radius 2 is 1.81 bits per heavy atom. The monoisotopic (exact) mass is 396 g/mol. The van der Waals surface area contributed by atoms with E-state index in [4.69, 9.17) is 16.3 Å². The van der Waals surface area contributed by atoms with Crippen LogP contribution in [-0.2, 0) is 9.59 Å². The molecule has 0 unspecified atom stereocenters. The van der Waals surface area contributed by atoms with E-state index in [1.165, 1.54) is 36.0 Å². The first kappa shape index (κ1) is 20.1. The Labute approximate surface area is 160 Å². The molecule has 0 saturated carbocycles. The van der Waals surface area contributed by atoms with Crippen LogP contribution in [0.3, 0.4) is 0 Å². The lowest BCUT2D eigenvalue weighted by atomic mass is 10.3. The predicted octanol–water partition coefficient (Wildman–Crippen LogP) is 3.35. The molecule has 2 amide bonds. The van der Waals surface area contributed by atoms with Crippen LogP contribution in [0.4, 0.5) is 10.1 Å². The fourth-order valence-corrected chi connectivity index (χ4v) is 2.76. The number of rotatable bonds is 9. The number of ether oxygens (including phenoxy) is 1. The minimum atomic E-state index is -0.367. The van der Waals surface area contributed by atoms with Crippen molar-refractivity contribution in [2.45, 2.75) is 0 Å². The van der Waals surface area contributed by atoms with Gasteiger partial charge in [-0.05, 0) is 42.5 Å². The fourth-order valence-electron chi connectivity index (χ4n) is 1.93. The van der Waals surface area contributed by atoms with Crippen LogP contribution in [0.15, 0.2) is 48.5 Å². The zero-order valence-electron chi connectivity index (χ0n) is 13.8. The molecular weight excluding hydrogens is 379 g/mol. The van der Waals surface area contributed by atoms with E-state index >= 15 is 0 Å². The topological polar surface area (TPSA) is 67.4 Å². The van der Waals surface area contributed by atoms with Crippen molar-refractivity contribution in [1.82, 2.24) is 5.32 Å². The molecule has 2 N–H and O–H groups in total. The molecule has 0 atom stereocenters. The molecule has 0 radical (unpaired) electrons. The molecule has 0 saturated heterocycles. The Balaban J connectivity index is 1.55. The normalized spacial score (nSPS) is 10.2. The highest BCUT2D eigenvalue weighted by Gasteiger charge is 2.06. The highest BCUT2D eigenvalue weighted by molar-refractivity contribution is 8.00. The first-order valence-corrected chi connectivity index (χ1v) is 9.34. The lowest BCUT2D eigenvalue weighted by Gasteiger charge is -2.08. The first-order chi connectivity index (χ1) is 12.5. The Morgan fingerprint density at radius 1 is 1.08 bits per heavy atom. The molecule has 0 aliphatic heterocycles. The molecule has 0 aliphatic carbocycles. The molecule has 0 fully saturated rings. The number of benzene rings is 2. The number of amides is 2. The SMILES string of the molecule is O=C(CSCC(=O)Nc1ccc(F)cc1)NCCOc1cccc(Cl)c1. The second-order valence-electron chi connectivity index (χ2n) is 5.20. The van der Waals surface area contributed by atoms with Crippen molar-refractivity contribution in [2.75, 3.05) is 30.0 Å². The Hall–Kier alpha value is -2.25. The van der Waals surface area contributed by atoms with Crippen molar-refractivity contribution in [3.8, 4) is 5.75 Å². The second-order valence-corrected chi connectivity index (χ2v) is 6.63. The maximum atomic E-state index is 12.8. The van der Waals surface area contributed by atoms with Gasteiger partial charge in [-0.2, -0.15) is 0 Å². The summed E-state index contributed by atoms with van der Waals surface area (Å²) in [5.41, 5.74) is 0.514. The van der Waals surface area contributed by atoms with Crippen molar-refractivity contribution >= 4 is 40.9 Å². The summed E-state index contributed by atoms with van der Waals surface area (Å²) in [6.45, 7) is 0.676. The maximum Gasteiger partial charge on any atom is 0.234 e. The third-order valence-corrected chi connectivity index (χ3v) is 4.25. The van der Waals surface area contributed by atoms with Gasteiger partial charge in [0, 0.05) is 10.7 Å². The third kappa shape index (κ3) is 7.76. The lowest BCUT2D eigenvalue weighted by molar-refractivity contribution is -0.118. The van der Waals surface area contributed by atoms with Gasteiger partial charge in [-0.3, -0.25) is 9.59 Å². The minimum absolute atomic E-state index is 0.129. The summed E-state index contributed by atoms with van der Waals surface area (Å²) in [6.07, 6.45) is 0. The molecule has 8 heteroatoms. The Morgan fingerprint density at radius 3 is 2.54 bits per heavy atom. The van der Waals surface area contributed by atoms with Crippen LogP contribution < -0.4 is 15.4 Å². The van der Waals surface area contributed by atoms with Gasteiger partial charge in [-0.15, -0.1) is 11.8 Å². The summed E-state index contributed by atoms with van der Waals surface area (Å²) in [7, 11) is 0. The quantitative estimate of drug-likeness (QED) is 0.638. The molecule has 138 valence electrons. The molecule has 5 nitrogen and oxygen atoms in total. The summed E-state index contributed by atoms with van der Waals surface area (Å²) in [4.78, 5) is 23.4. The molecule has 2 aromatic rings. The van der Waals surface area contributed by atoms with Gasteiger partial charge in [0.1, 0.15) is 18.2 Å². The molecule has 0 aliphatic rings. The van der Waals surface area contributed by atoms with Crippen LogP contribution >= 0.6 is 23.4 Å². The van der Waals surface area contributed by atoms with Crippen LogP contribution in [0.2, 0.25) is 5.02 Å². The summed E-state index contributed by atoms with van der Waals surface area (Å²) in [5.74, 6) is 0.127. The summed E-state index contributed by atoms with van der Waals surface area (Å²) in [6, 6.07) is 12.5. The molecule has 0 aromatic heterocycles. The fraction of sp³-hybridized carbons (Fsp3) is 0.222. The number of hydrogen-bond acceptors (Lipinski definition) is 4. The van der Waals surface area contributed by atoms with Crippen molar-refractivity contribution in [3.05, 3.63) is 59.4 Å². The van der Waals surface area contributed by atoms with Gasteiger partial charge in [-0.1, -0.05) is 17.7 Å². The van der Waals surface area contributed by atoms with Crippen LogP contribution in [0.1, 0.15) is 0 Å². The first-order valence-electron chi connectivity index (χ1n) is 7.81. The number of thioether (sulfide) groups is 1. The molecule has 0 bridgehead atoms. The van der Waals surface area contributed by atoms with Crippen molar-refractivity contribution in [1.29, 1.82) is 0 Å². The average molecular weight is 397 g/mol. The van der Waals surface area contributed by atoms with Crippen LogP contribution in [0.25, 0.3) is 0 Å². The molecular formula is C18H18ClFN2O3S. The molecule has 2 aromatic carbocycles. The Bertz CT molecular complexity index is 743. The van der Waals surface area contributed by atoms with Crippen molar-refractivity contribution in [2.24, 2.45) is 0 Å². The van der Waals surface area contributed by atoms with E-state index in [-0.39, 0.29) is 29.1 Å². The number of nitrogens with one attached hydrogen (secondary N) is 2. The number of halogens is 2. The van der Waals surface area contributed by atoms with Crippen molar-refractivity contribution in [3.63, 3.8) is 0 Å². The smallest absolute Gasteiger partial charge is 0.234 e. The number of carbonyl (C=O) groups is 2. The van der Waals surface area contributed by atoms with Gasteiger partial charge >= 0.3 is 0 Å². The number of anilines is 1. The molecule has 26 heavy (non-hydrogen) atoms.